The Balaban J connectivity index is 2.39. The molecule has 0 saturated carbocycles. The van der Waals surface area contributed by atoms with Gasteiger partial charge in [0.05, 0.1) is 11.6 Å². The number of rotatable bonds is 5. The van der Waals surface area contributed by atoms with Gasteiger partial charge in [-0.3, -0.25) is 4.90 Å². The number of aliphatic hydroxyl groups excluding tert-OH is 1. The third-order valence-corrected chi connectivity index (χ3v) is 3.95. The molecule has 0 aromatic heterocycles. The lowest BCUT2D eigenvalue weighted by Crippen LogP contribution is -2.38. The van der Waals surface area contributed by atoms with Crippen molar-refractivity contribution < 1.29 is 5.11 Å². The molecule has 0 amide bonds. The van der Waals surface area contributed by atoms with Crippen LogP contribution < -0.4 is 5.73 Å². The summed E-state index contributed by atoms with van der Waals surface area (Å²) in [5.41, 5.74) is 5.61. The Bertz CT molecular complexity index is 231. The Hall–Kier alpha value is -0.190. The summed E-state index contributed by atoms with van der Waals surface area (Å²) in [5, 5.41) is 9.18. The minimum absolute atomic E-state index is 0.0715. The van der Waals surface area contributed by atoms with E-state index in [9.17, 15) is 5.11 Å². The van der Waals surface area contributed by atoms with E-state index in [0.29, 0.717) is 11.0 Å². The monoisotopic (exact) mass is 230 g/mol. The fourth-order valence-corrected chi connectivity index (χ4v) is 2.04. The molecule has 0 bridgehead atoms. The van der Waals surface area contributed by atoms with E-state index < -0.39 is 0 Å². The Labute approximate surface area is 97.6 Å². The molecular formula is C11H22N2OS. The SMILES string of the molecule is CC(C)(CCN1CCCC1CO)C(N)=S. The molecule has 4 heteroatoms. The third-order valence-electron chi connectivity index (χ3n) is 3.40. The Morgan fingerprint density at radius 1 is 1.60 bits per heavy atom. The number of thiocarbonyl (C=S) groups is 1. The Morgan fingerprint density at radius 2 is 2.27 bits per heavy atom. The highest BCUT2D eigenvalue weighted by atomic mass is 32.1. The van der Waals surface area contributed by atoms with Gasteiger partial charge in [0.15, 0.2) is 0 Å². The average Bonchev–Trinajstić information content (AvgIpc) is 2.61. The molecule has 3 nitrogen and oxygen atoms in total. The van der Waals surface area contributed by atoms with Crippen LogP contribution >= 0.6 is 12.2 Å². The van der Waals surface area contributed by atoms with Crippen LogP contribution in [0, 0.1) is 5.41 Å². The average molecular weight is 230 g/mol. The normalized spacial score (nSPS) is 23.3. The molecule has 0 aromatic carbocycles. The standard InChI is InChI=1S/C11H22N2OS/c1-11(2,10(12)15)5-7-13-6-3-4-9(13)8-14/h9,14H,3-8H2,1-2H3,(H2,12,15). The lowest BCUT2D eigenvalue weighted by molar-refractivity contribution is 0.150. The van der Waals surface area contributed by atoms with Gasteiger partial charge in [0.1, 0.15) is 0 Å². The quantitative estimate of drug-likeness (QED) is 0.696. The van der Waals surface area contributed by atoms with E-state index in [2.05, 4.69) is 18.7 Å². The van der Waals surface area contributed by atoms with Crippen LogP contribution in [0.4, 0.5) is 0 Å². The highest BCUT2D eigenvalue weighted by molar-refractivity contribution is 7.80. The smallest absolute Gasteiger partial charge is 0.0784 e. The molecule has 1 rings (SSSR count). The van der Waals surface area contributed by atoms with Gasteiger partial charge in [-0.05, 0) is 32.4 Å². The molecule has 1 unspecified atom stereocenters. The van der Waals surface area contributed by atoms with E-state index in [1.807, 2.05) is 0 Å². The van der Waals surface area contributed by atoms with Crippen LogP contribution in [0.2, 0.25) is 0 Å². The highest BCUT2D eigenvalue weighted by Gasteiger charge is 2.27. The van der Waals surface area contributed by atoms with Gasteiger partial charge in [0.2, 0.25) is 0 Å². The lowest BCUT2D eigenvalue weighted by atomic mass is 9.89. The molecule has 0 aliphatic carbocycles. The van der Waals surface area contributed by atoms with Crippen molar-refractivity contribution in [3.63, 3.8) is 0 Å². The predicted molar refractivity (Wildman–Crippen MR) is 66.9 cm³/mol. The predicted octanol–water partition coefficient (Wildman–Crippen LogP) is 1.15. The maximum atomic E-state index is 9.18. The second-order valence-electron chi connectivity index (χ2n) is 5.01. The first-order valence-corrected chi connectivity index (χ1v) is 6.03. The molecule has 1 aliphatic heterocycles. The fraction of sp³-hybridized carbons (Fsp3) is 0.909. The van der Waals surface area contributed by atoms with Crippen LogP contribution in [0.5, 0.6) is 0 Å². The largest absolute Gasteiger partial charge is 0.395 e. The zero-order chi connectivity index (χ0) is 11.5. The molecule has 0 spiro atoms. The molecule has 3 N–H and O–H groups in total. The van der Waals surface area contributed by atoms with Crippen LogP contribution in [0.15, 0.2) is 0 Å². The second-order valence-corrected chi connectivity index (χ2v) is 5.45. The molecule has 1 atom stereocenters. The second kappa shape index (κ2) is 5.23. The van der Waals surface area contributed by atoms with E-state index in [1.165, 1.54) is 6.42 Å². The number of nitrogens with zero attached hydrogens (tertiary/aromatic N) is 1. The highest BCUT2D eigenvalue weighted by Crippen LogP contribution is 2.24. The maximum Gasteiger partial charge on any atom is 0.0784 e. The van der Waals surface area contributed by atoms with Gasteiger partial charge in [-0.25, -0.2) is 0 Å². The van der Waals surface area contributed by atoms with E-state index in [4.69, 9.17) is 18.0 Å². The van der Waals surface area contributed by atoms with Gasteiger partial charge >= 0.3 is 0 Å². The molecule has 15 heavy (non-hydrogen) atoms. The van der Waals surface area contributed by atoms with Gasteiger partial charge in [-0.15, -0.1) is 0 Å². The van der Waals surface area contributed by atoms with Crippen molar-refractivity contribution in [2.45, 2.75) is 39.2 Å². The van der Waals surface area contributed by atoms with Gasteiger partial charge in [0, 0.05) is 11.5 Å². The topological polar surface area (TPSA) is 49.5 Å². The molecule has 1 fully saturated rings. The minimum atomic E-state index is -0.0715. The first kappa shape index (κ1) is 12.9. The molecule has 0 aromatic rings. The summed E-state index contributed by atoms with van der Waals surface area (Å²) in [7, 11) is 0. The molecule has 1 saturated heterocycles. The summed E-state index contributed by atoms with van der Waals surface area (Å²) in [6, 6.07) is 0.354. The summed E-state index contributed by atoms with van der Waals surface area (Å²) < 4.78 is 0. The number of nitrogens with two attached hydrogens (primary N) is 1. The van der Waals surface area contributed by atoms with E-state index in [0.717, 1.165) is 25.9 Å². The molecule has 0 radical (unpaired) electrons. The molecular weight excluding hydrogens is 208 g/mol. The van der Waals surface area contributed by atoms with Crippen molar-refractivity contribution in [3.8, 4) is 0 Å². The molecule has 1 aliphatic rings. The zero-order valence-corrected chi connectivity index (χ0v) is 10.5. The van der Waals surface area contributed by atoms with Crippen LogP contribution in [0.1, 0.15) is 33.1 Å². The Kier molecular flexibility index (Phi) is 4.49. The minimum Gasteiger partial charge on any atom is -0.395 e. The summed E-state index contributed by atoms with van der Waals surface area (Å²) in [6.07, 6.45) is 3.28. The molecule has 88 valence electrons. The molecule has 1 heterocycles. The van der Waals surface area contributed by atoms with Crippen LogP contribution in [-0.2, 0) is 0 Å². The Morgan fingerprint density at radius 3 is 2.80 bits per heavy atom. The van der Waals surface area contributed by atoms with Gasteiger partial charge < -0.3 is 10.8 Å². The number of likely N-dealkylation sites (tertiary alicyclic amines) is 1. The van der Waals surface area contributed by atoms with Crippen LogP contribution in [0.25, 0.3) is 0 Å². The zero-order valence-electron chi connectivity index (χ0n) is 9.70. The van der Waals surface area contributed by atoms with Crippen molar-refractivity contribution in [2.24, 2.45) is 11.1 Å². The fourth-order valence-electron chi connectivity index (χ4n) is 1.94. The summed E-state index contributed by atoms with van der Waals surface area (Å²) in [5.74, 6) is 0. The number of hydrogen-bond acceptors (Lipinski definition) is 3. The van der Waals surface area contributed by atoms with Crippen molar-refractivity contribution >= 4 is 17.2 Å². The van der Waals surface area contributed by atoms with E-state index in [-0.39, 0.29) is 12.0 Å². The van der Waals surface area contributed by atoms with E-state index in [1.54, 1.807) is 0 Å². The van der Waals surface area contributed by atoms with E-state index >= 15 is 0 Å². The van der Waals surface area contributed by atoms with Gasteiger partial charge in [-0.2, -0.15) is 0 Å². The lowest BCUT2D eigenvalue weighted by Gasteiger charge is -2.29. The first-order chi connectivity index (χ1) is 6.97. The van der Waals surface area contributed by atoms with Crippen molar-refractivity contribution in [2.75, 3.05) is 19.7 Å². The maximum absolute atomic E-state index is 9.18. The van der Waals surface area contributed by atoms with Gasteiger partial charge in [0.25, 0.3) is 0 Å². The van der Waals surface area contributed by atoms with Crippen molar-refractivity contribution in [3.05, 3.63) is 0 Å². The number of hydrogen-bond donors (Lipinski definition) is 2. The summed E-state index contributed by atoms with van der Waals surface area (Å²) >= 11 is 5.04. The van der Waals surface area contributed by atoms with Gasteiger partial charge in [-0.1, -0.05) is 26.1 Å². The third kappa shape index (κ3) is 3.40. The summed E-state index contributed by atoms with van der Waals surface area (Å²) in [6.45, 7) is 6.51. The van der Waals surface area contributed by atoms with Crippen LogP contribution in [-0.4, -0.2) is 40.7 Å². The first-order valence-electron chi connectivity index (χ1n) is 5.62. The summed E-state index contributed by atoms with van der Waals surface area (Å²) in [4.78, 5) is 2.93. The van der Waals surface area contributed by atoms with Crippen molar-refractivity contribution in [1.82, 2.24) is 4.90 Å². The van der Waals surface area contributed by atoms with Crippen LogP contribution in [0.3, 0.4) is 0 Å². The number of aliphatic hydroxyl groups is 1. The van der Waals surface area contributed by atoms with Crippen molar-refractivity contribution in [1.29, 1.82) is 0 Å².